The predicted molar refractivity (Wildman–Crippen MR) is 98.8 cm³/mol. The van der Waals surface area contributed by atoms with Crippen LogP contribution in [0.5, 0.6) is 0 Å². The van der Waals surface area contributed by atoms with Gasteiger partial charge in [-0.3, -0.25) is 4.79 Å². The van der Waals surface area contributed by atoms with E-state index in [9.17, 15) is 9.90 Å². The van der Waals surface area contributed by atoms with E-state index in [2.05, 4.69) is 35.3 Å². The second kappa shape index (κ2) is 8.31. The number of terminal acetylenes is 1. The van der Waals surface area contributed by atoms with Gasteiger partial charge in [-0.1, -0.05) is 13.8 Å². The van der Waals surface area contributed by atoms with Crippen molar-refractivity contribution in [1.29, 1.82) is 0 Å². The molecule has 1 atom stereocenters. The molecule has 1 aliphatic carbocycles. The molecule has 0 aromatic rings. The van der Waals surface area contributed by atoms with Crippen LogP contribution in [-0.2, 0) is 4.79 Å². The molecule has 5 nitrogen and oxygen atoms in total. The lowest BCUT2D eigenvalue weighted by molar-refractivity contribution is -0.123. The van der Waals surface area contributed by atoms with Gasteiger partial charge in [-0.15, -0.1) is 12.3 Å². The van der Waals surface area contributed by atoms with E-state index in [1.54, 1.807) is 0 Å². The van der Waals surface area contributed by atoms with Crippen molar-refractivity contribution >= 4 is 5.91 Å². The van der Waals surface area contributed by atoms with Gasteiger partial charge in [-0.05, 0) is 50.4 Å². The number of amides is 1. The number of carbonyl (C=O) groups excluding carboxylic acids is 1. The molecular formula is C20H33N3O2. The van der Waals surface area contributed by atoms with E-state index < -0.39 is 11.3 Å². The zero-order valence-corrected chi connectivity index (χ0v) is 15.9. The first-order valence-corrected chi connectivity index (χ1v) is 9.64. The average Bonchev–Trinajstić information content (AvgIpc) is 3.37. The minimum atomic E-state index is -0.840. The molecule has 1 unspecified atom stereocenters. The van der Waals surface area contributed by atoms with Gasteiger partial charge >= 0.3 is 0 Å². The van der Waals surface area contributed by atoms with Gasteiger partial charge in [0.1, 0.15) is 0 Å². The molecule has 1 amide bonds. The number of rotatable bonds is 9. The summed E-state index contributed by atoms with van der Waals surface area (Å²) >= 11 is 0. The quantitative estimate of drug-likeness (QED) is 0.625. The number of aliphatic hydroxyl groups is 1. The summed E-state index contributed by atoms with van der Waals surface area (Å²) in [5, 5.41) is 21.8. The Labute approximate surface area is 152 Å². The molecule has 0 radical (unpaired) electrons. The number of nitrogens with one attached hydrogen (secondary N) is 1. The molecule has 1 fully saturated rings. The van der Waals surface area contributed by atoms with Gasteiger partial charge in [-0.2, -0.15) is 10.2 Å². The smallest absolute Gasteiger partial charge is 0.220 e. The van der Waals surface area contributed by atoms with Crippen LogP contribution in [0.2, 0.25) is 0 Å². The van der Waals surface area contributed by atoms with Crippen LogP contribution in [0.25, 0.3) is 0 Å². The molecule has 1 saturated carbocycles. The lowest BCUT2D eigenvalue weighted by Gasteiger charge is -2.39. The van der Waals surface area contributed by atoms with Crippen molar-refractivity contribution in [3.63, 3.8) is 0 Å². The molecule has 2 N–H and O–H groups in total. The molecule has 5 heteroatoms. The summed E-state index contributed by atoms with van der Waals surface area (Å²) in [6.07, 6.45) is 12.0. The molecule has 0 bridgehead atoms. The third-order valence-corrected chi connectivity index (χ3v) is 6.04. The molecule has 1 heterocycles. The lowest BCUT2D eigenvalue weighted by atomic mass is 9.71. The van der Waals surface area contributed by atoms with Crippen LogP contribution in [0.4, 0.5) is 0 Å². The van der Waals surface area contributed by atoms with E-state index in [4.69, 9.17) is 6.42 Å². The summed E-state index contributed by atoms with van der Waals surface area (Å²) in [5.74, 6) is 4.29. The van der Waals surface area contributed by atoms with E-state index in [-0.39, 0.29) is 11.8 Å². The molecular weight excluding hydrogens is 314 g/mol. The fourth-order valence-corrected chi connectivity index (χ4v) is 3.90. The Morgan fingerprint density at radius 1 is 1.32 bits per heavy atom. The van der Waals surface area contributed by atoms with E-state index in [1.165, 1.54) is 12.8 Å². The second-order valence-corrected chi connectivity index (χ2v) is 8.38. The monoisotopic (exact) mass is 347 g/mol. The minimum Gasteiger partial charge on any atom is -0.388 e. The summed E-state index contributed by atoms with van der Waals surface area (Å²) in [6, 6.07) is 0. The minimum absolute atomic E-state index is 0.0477. The number of carbonyl (C=O) groups is 1. The Morgan fingerprint density at radius 3 is 2.48 bits per heavy atom. The third kappa shape index (κ3) is 5.81. The van der Waals surface area contributed by atoms with Crippen molar-refractivity contribution in [3.8, 4) is 12.3 Å². The SMILES string of the molecule is C#CCCC1(CCC(=O)NCC(C)(O)C2CCC(C(C)C)CC2)N=N1. The number of nitrogens with zero attached hydrogens (tertiary/aromatic N) is 2. The van der Waals surface area contributed by atoms with Crippen LogP contribution in [0.1, 0.15) is 72.1 Å². The highest BCUT2D eigenvalue weighted by molar-refractivity contribution is 5.76. The standard InChI is InChI=1S/C20H33N3O2/c1-5-6-12-20(22-23-20)13-11-18(24)21-14-19(4,25)17-9-7-16(8-10-17)15(2)3/h1,15-17,25H,6-14H2,2-4H3,(H,21,24). The number of hydrogen-bond donors (Lipinski definition) is 2. The van der Waals surface area contributed by atoms with E-state index in [0.717, 1.165) is 18.8 Å². The van der Waals surface area contributed by atoms with Gasteiger partial charge in [0.2, 0.25) is 5.91 Å². The van der Waals surface area contributed by atoms with Crippen molar-refractivity contribution in [2.75, 3.05) is 6.54 Å². The third-order valence-electron chi connectivity index (χ3n) is 6.04. The van der Waals surface area contributed by atoms with E-state index >= 15 is 0 Å². The van der Waals surface area contributed by atoms with E-state index in [1.807, 2.05) is 6.92 Å². The highest BCUT2D eigenvalue weighted by atomic mass is 16.3. The topological polar surface area (TPSA) is 74.0 Å². The number of hydrogen-bond acceptors (Lipinski definition) is 4. The fourth-order valence-electron chi connectivity index (χ4n) is 3.90. The Bertz CT molecular complexity index is 520. The van der Waals surface area contributed by atoms with Crippen LogP contribution in [0, 0.1) is 30.1 Å². The highest BCUT2D eigenvalue weighted by Crippen LogP contribution is 2.39. The molecule has 140 valence electrons. The van der Waals surface area contributed by atoms with Crippen LogP contribution in [-0.4, -0.2) is 28.8 Å². The van der Waals surface area contributed by atoms with Gasteiger partial charge in [-0.25, -0.2) is 0 Å². The first kappa shape index (κ1) is 19.9. The molecule has 0 aromatic heterocycles. The molecule has 2 aliphatic rings. The van der Waals surface area contributed by atoms with Gasteiger partial charge in [0.25, 0.3) is 0 Å². The molecule has 0 saturated heterocycles. The highest BCUT2D eigenvalue weighted by Gasteiger charge is 2.40. The van der Waals surface area contributed by atoms with Crippen molar-refractivity contribution < 1.29 is 9.90 Å². The summed E-state index contributed by atoms with van der Waals surface area (Å²) in [5.41, 5.74) is -1.26. The van der Waals surface area contributed by atoms with Crippen molar-refractivity contribution in [2.24, 2.45) is 28.0 Å². The van der Waals surface area contributed by atoms with Crippen molar-refractivity contribution in [1.82, 2.24) is 5.32 Å². The molecule has 25 heavy (non-hydrogen) atoms. The largest absolute Gasteiger partial charge is 0.388 e. The summed E-state index contributed by atoms with van der Waals surface area (Å²) in [6.45, 7) is 6.72. The average molecular weight is 348 g/mol. The van der Waals surface area contributed by atoms with Gasteiger partial charge in [0.15, 0.2) is 5.66 Å². The summed E-state index contributed by atoms with van der Waals surface area (Å²) in [7, 11) is 0. The molecule has 0 spiro atoms. The van der Waals surface area contributed by atoms with Crippen LogP contribution in [0.3, 0.4) is 0 Å². The van der Waals surface area contributed by atoms with Crippen LogP contribution in [0.15, 0.2) is 10.2 Å². The van der Waals surface area contributed by atoms with Crippen molar-refractivity contribution in [3.05, 3.63) is 0 Å². The molecule has 0 aromatic carbocycles. The summed E-state index contributed by atoms with van der Waals surface area (Å²) < 4.78 is 0. The van der Waals surface area contributed by atoms with Crippen LogP contribution < -0.4 is 5.32 Å². The maximum atomic E-state index is 12.1. The van der Waals surface area contributed by atoms with Gasteiger partial charge < -0.3 is 10.4 Å². The van der Waals surface area contributed by atoms with Crippen molar-refractivity contribution in [2.45, 2.75) is 83.4 Å². The second-order valence-electron chi connectivity index (χ2n) is 8.38. The molecule has 1 aliphatic heterocycles. The normalized spacial score (nSPS) is 26.7. The zero-order valence-electron chi connectivity index (χ0n) is 15.9. The van der Waals surface area contributed by atoms with Gasteiger partial charge in [0.05, 0.1) is 5.60 Å². The summed E-state index contributed by atoms with van der Waals surface area (Å²) in [4.78, 5) is 12.1. The zero-order chi connectivity index (χ0) is 18.5. The maximum absolute atomic E-state index is 12.1. The first-order valence-electron chi connectivity index (χ1n) is 9.64. The predicted octanol–water partition coefficient (Wildman–Crippen LogP) is 3.67. The van der Waals surface area contributed by atoms with Gasteiger partial charge in [0, 0.05) is 32.2 Å². The Kier molecular flexibility index (Phi) is 6.62. The lowest BCUT2D eigenvalue weighted by Crippen LogP contribution is -2.47. The Balaban J connectivity index is 1.69. The Morgan fingerprint density at radius 2 is 1.96 bits per heavy atom. The molecule has 2 rings (SSSR count). The van der Waals surface area contributed by atoms with Crippen LogP contribution >= 0.6 is 0 Å². The van der Waals surface area contributed by atoms with E-state index in [0.29, 0.717) is 38.1 Å². The maximum Gasteiger partial charge on any atom is 0.220 e. The fraction of sp³-hybridized carbons (Fsp3) is 0.850. The first-order chi connectivity index (χ1) is 11.8. The Hall–Kier alpha value is -1.41.